The monoisotopic (exact) mass is 321 g/mol. The largest absolute Gasteiger partial charge is 0.483 e. The van der Waals surface area contributed by atoms with Gasteiger partial charge in [0.1, 0.15) is 10.7 Å². The molecule has 0 radical (unpaired) electrons. The van der Waals surface area contributed by atoms with Gasteiger partial charge in [-0.05, 0) is 12.1 Å². The SMILES string of the molecule is NC(=S)c1ccccc1OCC(=O)NCCc1nccs1. The van der Waals surface area contributed by atoms with E-state index in [-0.39, 0.29) is 17.5 Å². The van der Waals surface area contributed by atoms with Crippen LogP contribution in [-0.4, -0.2) is 29.0 Å². The topological polar surface area (TPSA) is 77.2 Å². The van der Waals surface area contributed by atoms with Crippen molar-refractivity contribution in [1.82, 2.24) is 10.3 Å². The fraction of sp³-hybridized carbons (Fsp3) is 0.214. The molecule has 21 heavy (non-hydrogen) atoms. The zero-order valence-corrected chi connectivity index (χ0v) is 12.9. The van der Waals surface area contributed by atoms with E-state index in [0.717, 1.165) is 5.01 Å². The molecule has 0 spiro atoms. The first-order valence-corrected chi connectivity index (χ1v) is 7.62. The second kappa shape index (κ2) is 7.70. The maximum Gasteiger partial charge on any atom is 0.257 e. The Bertz CT molecular complexity index is 614. The number of benzene rings is 1. The fourth-order valence-electron chi connectivity index (χ4n) is 1.68. The molecule has 5 nitrogen and oxygen atoms in total. The zero-order valence-electron chi connectivity index (χ0n) is 11.2. The van der Waals surface area contributed by atoms with Gasteiger partial charge in [-0.3, -0.25) is 4.79 Å². The molecule has 0 aliphatic rings. The number of hydrogen-bond donors (Lipinski definition) is 2. The summed E-state index contributed by atoms with van der Waals surface area (Å²) in [5.41, 5.74) is 6.23. The predicted octanol–water partition coefficient (Wildman–Crippen LogP) is 1.51. The number of rotatable bonds is 7. The lowest BCUT2D eigenvalue weighted by atomic mass is 10.2. The second-order valence-corrected chi connectivity index (χ2v) is 5.59. The van der Waals surface area contributed by atoms with Gasteiger partial charge in [-0.25, -0.2) is 4.98 Å². The van der Waals surface area contributed by atoms with Gasteiger partial charge in [0.25, 0.3) is 5.91 Å². The minimum Gasteiger partial charge on any atom is -0.483 e. The number of amides is 1. The van der Waals surface area contributed by atoms with Crippen molar-refractivity contribution in [3.63, 3.8) is 0 Å². The van der Waals surface area contributed by atoms with Gasteiger partial charge >= 0.3 is 0 Å². The number of hydrogen-bond acceptors (Lipinski definition) is 5. The molecule has 0 unspecified atom stereocenters. The summed E-state index contributed by atoms with van der Waals surface area (Å²) in [6.45, 7) is 0.462. The van der Waals surface area contributed by atoms with Crippen molar-refractivity contribution in [3.8, 4) is 5.75 Å². The average molecular weight is 321 g/mol. The molecule has 2 aromatic rings. The molecule has 0 saturated heterocycles. The van der Waals surface area contributed by atoms with Gasteiger partial charge in [0, 0.05) is 24.5 Å². The summed E-state index contributed by atoms with van der Waals surface area (Å²) in [6.07, 6.45) is 2.46. The third kappa shape index (κ3) is 4.80. The van der Waals surface area contributed by atoms with Crippen molar-refractivity contribution < 1.29 is 9.53 Å². The summed E-state index contributed by atoms with van der Waals surface area (Å²) in [5.74, 6) is 0.323. The summed E-state index contributed by atoms with van der Waals surface area (Å²) >= 11 is 6.50. The molecule has 1 amide bonds. The number of carbonyl (C=O) groups is 1. The Balaban J connectivity index is 1.77. The standard InChI is InChI=1S/C14H15N3O2S2/c15-14(20)10-3-1-2-4-11(10)19-9-12(18)16-6-5-13-17-7-8-21-13/h1-4,7-8H,5-6,9H2,(H2,15,20)(H,16,18). The van der Waals surface area contributed by atoms with Crippen LogP contribution >= 0.6 is 23.6 Å². The number of nitrogens with zero attached hydrogens (tertiary/aromatic N) is 1. The van der Waals surface area contributed by atoms with Crippen molar-refractivity contribution in [3.05, 3.63) is 46.4 Å². The van der Waals surface area contributed by atoms with E-state index < -0.39 is 0 Å². The normalized spacial score (nSPS) is 10.1. The van der Waals surface area contributed by atoms with Crippen molar-refractivity contribution in [1.29, 1.82) is 0 Å². The van der Waals surface area contributed by atoms with Crippen LogP contribution in [0.15, 0.2) is 35.8 Å². The van der Waals surface area contributed by atoms with Crippen LogP contribution in [0.2, 0.25) is 0 Å². The molecule has 0 aliphatic heterocycles. The smallest absolute Gasteiger partial charge is 0.257 e. The highest BCUT2D eigenvalue weighted by molar-refractivity contribution is 7.80. The Morgan fingerprint density at radius 2 is 2.24 bits per heavy atom. The van der Waals surface area contributed by atoms with Gasteiger partial charge in [0.05, 0.1) is 10.6 Å². The lowest BCUT2D eigenvalue weighted by Gasteiger charge is -2.10. The van der Waals surface area contributed by atoms with E-state index in [4.69, 9.17) is 22.7 Å². The predicted molar refractivity (Wildman–Crippen MR) is 86.7 cm³/mol. The molecule has 3 N–H and O–H groups in total. The van der Waals surface area contributed by atoms with Crippen LogP contribution in [0.25, 0.3) is 0 Å². The molecular weight excluding hydrogens is 306 g/mol. The quantitative estimate of drug-likeness (QED) is 0.756. The summed E-state index contributed by atoms with van der Waals surface area (Å²) in [6, 6.07) is 7.11. The van der Waals surface area contributed by atoms with E-state index in [9.17, 15) is 4.79 Å². The number of thiocarbonyl (C=S) groups is 1. The van der Waals surface area contributed by atoms with Crippen LogP contribution in [0.4, 0.5) is 0 Å². The summed E-state index contributed by atoms with van der Waals surface area (Å²) in [7, 11) is 0. The Morgan fingerprint density at radius 1 is 1.43 bits per heavy atom. The number of aromatic nitrogens is 1. The summed E-state index contributed by atoms with van der Waals surface area (Å²) in [5, 5.41) is 5.68. The molecule has 0 bridgehead atoms. The number of carbonyl (C=O) groups excluding carboxylic acids is 1. The maximum absolute atomic E-state index is 11.7. The first-order chi connectivity index (χ1) is 10.2. The minimum absolute atomic E-state index is 0.0719. The lowest BCUT2D eigenvalue weighted by Crippen LogP contribution is -2.30. The first-order valence-electron chi connectivity index (χ1n) is 6.33. The molecule has 0 atom stereocenters. The number of nitrogens with one attached hydrogen (secondary N) is 1. The average Bonchev–Trinajstić information content (AvgIpc) is 2.98. The van der Waals surface area contributed by atoms with Crippen molar-refractivity contribution in [2.24, 2.45) is 5.73 Å². The molecule has 7 heteroatoms. The highest BCUT2D eigenvalue weighted by Crippen LogP contribution is 2.17. The van der Waals surface area contributed by atoms with Crippen molar-refractivity contribution >= 4 is 34.5 Å². The van der Waals surface area contributed by atoms with E-state index >= 15 is 0 Å². The molecule has 0 aliphatic carbocycles. The van der Waals surface area contributed by atoms with Crippen LogP contribution < -0.4 is 15.8 Å². The molecule has 2 rings (SSSR count). The third-order valence-corrected chi connectivity index (χ3v) is 3.72. The van der Waals surface area contributed by atoms with Crippen molar-refractivity contribution in [2.45, 2.75) is 6.42 Å². The zero-order chi connectivity index (χ0) is 15.1. The van der Waals surface area contributed by atoms with Gasteiger partial charge in [0.15, 0.2) is 6.61 Å². The van der Waals surface area contributed by atoms with Gasteiger partial charge in [0.2, 0.25) is 0 Å². The van der Waals surface area contributed by atoms with E-state index in [2.05, 4.69) is 10.3 Å². The van der Waals surface area contributed by atoms with E-state index in [1.54, 1.807) is 35.7 Å². The maximum atomic E-state index is 11.7. The van der Waals surface area contributed by atoms with Gasteiger partial charge < -0.3 is 15.8 Å². The summed E-state index contributed by atoms with van der Waals surface area (Å²) in [4.78, 5) is 16.1. The number of para-hydroxylation sites is 1. The first kappa shape index (κ1) is 15.4. The van der Waals surface area contributed by atoms with Crippen LogP contribution in [0.1, 0.15) is 10.6 Å². The van der Waals surface area contributed by atoms with E-state index in [1.165, 1.54) is 0 Å². The third-order valence-electron chi connectivity index (χ3n) is 2.66. The second-order valence-electron chi connectivity index (χ2n) is 4.17. The van der Waals surface area contributed by atoms with Crippen LogP contribution in [-0.2, 0) is 11.2 Å². The fourth-order valence-corrected chi connectivity index (χ4v) is 2.46. The number of thiazole rings is 1. The molecule has 1 heterocycles. The highest BCUT2D eigenvalue weighted by atomic mass is 32.1. The Hall–Kier alpha value is -1.99. The molecule has 0 saturated carbocycles. The van der Waals surface area contributed by atoms with Gasteiger partial charge in [-0.2, -0.15) is 0 Å². The number of ether oxygens (including phenoxy) is 1. The number of nitrogens with two attached hydrogens (primary N) is 1. The highest BCUT2D eigenvalue weighted by Gasteiger charge is 2.08. The van der Waals surface area contributed by atoms with E-state index in [1.807, 2.05) is 11.4 Å². The molecule has 0 fully saturated rings. The summed E-state index contributed by atoms with van der Waals surface area (Å²) < 4.78 is 5.46. The Morgan fingerprint density at radius 3 is 2.95 bits per heavy atom. The molecule has 1 aromatic carbocycles. The minimum atomic E-state index is -0.190. The van der Waals surface area contributed by atoms with Gasteiger partial charge in [-0.1, -0.05) is 24.4 Å². The molecule has 1 aromatic heterocycles. The van der Waals surface area contributed by atoms with Crippen molar-refractivity contribution in [2.75, 3.05) is 13.2 Å². The van der Waals surface area contributed by atoms with Crippen LogP contribution in [0.5, 0.6) is 5.75 Å². The lowest BCUT2D eigenvalue weighted by molar-refractivity contribution is -0.123. The molecule has 110 valence electrons. The van der Waals surface area contributed by atoms with Crippen LogP contribution in [0, 0.1) is 0 Å². The van der Waals surface area contributed by atoms with Gasteiger partial charge in [-0.15, -0.1) is 11.3 Å². The Labute approximate surface area is 132 Å². The van der Waals surface area contributed by atoms with Crippen LogP contribution in [0.3, 0.4) is 0 Å². The Kier molecular flexibility index (Phi) is 5.65. The van der Waals surface area contributed by atoms with E-state index in [0.29, 0.717) is 24.3 Å². The molecular formula is C14H15N3O2S2.